The van der Waals surface area contributed by atoms with Gasteiger partial charge in [-0.3, -0.25) is 14.9 Å². The molecule has 0 fully saturated rings. The smallest absolute Gasteiger partial charge is 0.335 e. The van der Waals surface area contributed by atoms with E-state index in [-0.39, 0.29) is 12.4 Å². The van der Waals surface area contributed by atoms with E-state index < -0.39 is 11.8 Å². The second-order valence-electron chi connectivity index (χ2n) is 2.03. The summed E-state index contributed by atoms with van der Waals surface area (Å²) in [4.78, 5) is 29.3. The van der Waals surface area contributed by atoms with Crippen LogP contribution in [0.3, 0.4) is 0 Å². The highest BCUT2D eigenvalue weighted by molar-refractivity contribution is 6.56. The molecule has 2 aliphatic rings. The summed E-state index contributed by atoms with van der Waals surface area (Å²) >= 11 is 0. The Morgan fingerprint density at radius 2 is 2.27 bits per heavy atom. The van der Waals surface area contributed by atoms with Crippen LogP contribution in [-0.2, 0) is 14.4 Å². The maximum absolute atomic E-state index is 10.6. The zero-order chi connectivity index (χ0) is 7.84. The first-order chi connectivity index (χ1) is 5.27. The number of aliphatic imine (C=N–C) groups is 1. The first kappa shape index (κ1) is 6.02. The maximum atomic E-state index is 10.6. The third kappa shape index (κ3) is 0.794. The summed E-state index contributed by atoms with van der Waals surface area (Å²) in [7, 11) is 0. The third-order valence-electron chi connectivity index (χ3n) is 1.29. The molecule has 2 heterocycles. The fraction of sp³-hybridized carbons (Fsp3) is 0.200. The number of fused-ring (bicyclic) bond motifs is 1. The topological polar surface area (TPSA) is 80.1 Å². The maximum Gasteiger partial charge on any atom is 0.335 e. The minimum atomic E-state index is -0.801. The summed E-state index contributed by atoms with van der Waals surface area (Å²) in [6.07, 6.45) is 0. The molecule has 2 aliphatic heterocycles. The second kappa shape index (κ2) is 1.88. The Balaban J connectivity index is 2.43. The van der Waals surface area contributed by atoms with Gasteiger partial charge in [0.05, 0.1) is 0 Å². The third-order valence-corrected chi connectivity index (χ3v) is 1.29. The minimum Gasteiger partial charge on any atom is -0.387 e. The summed E-state index contributed by atoms with van der Waals surface area (Å²) in [6.45, 7) is 0.154. The summed E-state index contributed by atoms with van der Waals surface area (Å²) in [5.41, 5.74) is 0.384. The van der Waals surface area contributed by atoms with Gasteiger partial charge in [-0.1, -0.05) is 5.16 Å². The average molecular weight is 153 g/mol. The number of carbonyl (C=O) groups is 2. The molecule has 11 heavy (non-hydrogen) atoms. The summed E-state index contributed by atoms with van der Waals surface area (Å²) in [5.74, 6) is -1.32. The van der Waals surface area contributed by atoms with E-state index in [0.717, 1.165) is 0 Å². The van der Waals surface area contributed by atoms with Gasteiger partial charge in [-0.25, -0.2) is 4.99 Å². The molecule has 2 amide bonds. The predicted octanol–water partition coefficient (Wildman–Crippen LogP) is -1.57. The predicted molar refractivity (Wildman–Crippen MR) is 34.0 cm³/mol. The van der Waals surface area contributed by atoms with E-state index in [1.165, 1.54) is 0 Å². The largest absolute Gasteiger partial charge is 0.387 e. The molecule has 0 aliphatic carbocycles. The zero-order valence-electron chi connectivity index (χ0n) is 5.33. The summed E-state index contributed by atoms with van der Waals surface area (Å²) in [5, 5.41) is 5.68. The Labute approximate surface area is 60.9 Å². The van der Waals surface area contributed by atoms with Gasteiger partial charge < -0.3 is 4.84 Å². The number of oxime groups is 1. The van der Waals surface area contributed by atoms with Crippen molar-refractivity contribution >= 4 is 23.4 Å². The fourth-order valence-electron chi connectivity index (χ4n) is 0.794. The number of hydrogen-bond acceptors (Lipinski definition) is 4. The van der Waals surface area contributed by atoms with Crippen molar-refractivity contribution in [2.24, 2.45) is 10.1 Å². The average Bonchev–Trinajstić information content (AvgIpc) is 2.36. The van der Waals surface area contributed by atoms with Gasteiger partial charge in [0.25, 0.3) is 0 Å². The Hall–Kier alpha value is -1.72. The number of amides is 2. The van der Waals surface area contributed by atoms with Crippen molar-refractivity contribution in [2.75, 3.05) is 6.61 Å². The van der Waals surface area contributed by atoms with Gasteiger partial charge in [0.2, 0.25) is 0 Å². The SMILES string of the molecule is O=C1N=C2CON=C2NC1=O. The van der Waals surface area contributed by atoms with Crippen LogP contribution in [-0.4, -0.2) is 30.0 Å². The van der Waals surface area contributed by atoms with Gasteiger partial charge in [-0.2, -0.15) is 0 Å². The van der Waals surface area contributed by atoms with Crippen molar-refractivity contribution in [3.63, 3.8) is 0 Å². The molecule has 0 aromatic rings. The highest BCUT2D eigenvalue weighted by Crippen LogP contribution is 2.00. The number of nitrogens with one attached hydrogen (secondary N) is 1. The van der Waals surface area contributed by atoms with Crippen LogP contribution >= 0.6 is 0 Å². The summed E-state index contributed by atoms with van der Waals surface area (Å²) < 4.78 is 0. The van der Waals surface area contributed by atoms with Gasteiger partial charge in [-0.15, -0.1) is 0 Å². The molecule has 0 aromatic carbocycles. The van der Waals surface area contributed by atoms with Gasteiger partial charge in [0.15, 0.2) is 12.4 Å². The standard InChI is InChI=1S/C5H3N3O3/c9-4-5(10)7-3-2(6-4)1-11-8-3/h1H2,(H,7,8,10). The van der Waals surface area contributed by atoms with Crippen molar-refractivity contribution in [1.29, 1.82) is 0 Å². The van der Waals surface area contributed by atoms with Crippen LogP contribution < -0.4 is 5.32 Å². The van der Waals surface area contributed by atoms with Crippen LogP contribution in [0.5, 0.6) is 0 Å². The van der Waals surface area contributed by atoms with E-state index in [9.17, 15) is 9.59 Å². The number of nitrogens with zero attached hydrogens (tertiary/aromatic N) is 2. The Kier molecular flexibility index (Phi) is 1.03. The Morgan fingerprint density at radius 3 is 3.09 bits per heavy atom. The van der Waals surface area contributed by atoms with Crippen LogP contribution in [0.2, 0.25) is 0 Å². The van der Waals surface area contributed by atoms with Gasteiger partial charge in [-0.05, 0) is 0 Å². The molecule has 1 N–H and O–H groups in total. The van der Waals surface area contributed by atoms with E-state index in [2.05, 4.69) is 20.3 Å². The first-order valence-electron chi connectivity index (χ1n) is 2.90. The molecule has 6 heteroatoms. The van der Waals surface area contributed by atoms with E-state index >= 15 is 0 Å². The lowest BCUT2D eigenvalue weighted by atomic mass is 10.3. The zero-order valence-corrected chi connectivity index (χ0v) is 5.33. The lowest BCUT2D eigenvalue weighted by Gasteiger charge is -2.05. The number of amidine groups is 1. The molecule has 56 valence electrons. The molecule has 0 unspecified atom stereocenters. The van der Waals surface area contributed by atoms with Crippen molar-refractivity contribution in [2.45, 2.75) is 0 Å². The normalized spacial score (nSPS) is 21.5. The quantitative estimate of drug-likeness (QED) is 0.427. The van der Waals surface area contributed by atoms with E-state index in [4.69, 9.17) is 0 Å². The van der Waals surface area contributed by atoms with Gasteiger partial charge in [0, 0.05) is 0 Å². The molecule has 0 saturated heterocycles. The lowest BCUT2D eigenvalue weighted by molar-refractivity contribution is -0.136. The lowest BCUT2D eigenvalue weighted by Crippen LogP contribution is -2.43. The van der Waals surface area contributed by atoms with Gasteiger partial charge >= 0.3 is 11.8 Å². The van der Waals surface area contributed by atoms with E-state index in [0.29, 0.717) is 5.71 Å². The molecule has 0 aromatic heterocycles. The fourth-order valence-corrected chi connectivity index (χ4v) is 0.794. The molecule has 0 atom stereocenters. The second-order valence-corrected chi connectivity index (χ2v) is 2.03. The van der Waals surface area contributed by atoms with Crippen LogP contribution in [0.25, 0.3) is 0 Å². The number of carbonyl (C=O) groups excluding carboxylic acids is 2. The molecule has 6 nitrogen and oxygen atoms in total. The van der Waals surface area contributed by atoms with E-state index in [1.807, 2.05) is 0 Å². The van der Waals surface area contributed by atoms with Crippen molar-refractivity contribution in [3.05, 3.63) is 0 Å². The van der Waals surface area contributed by atoms with Crippen LogP contribution in [0.1, 0.15) is 0 Å². The molecule has 0 radical (unpaired) electrons. The highest BCUT2D eigenvalue weighted by Gasteiger charge is 2.29. The van der Waals surface area contributed by atoms with Crippen molar-refractivity contribution in [1.82, 2.24) is 5.32 Å². The Morgan fingerprint density at radius 1 is 1.45 bits per heavy atom. The monoisotopic (exact) mass is 153 g/mol. The van der Waals surface area contributed by atoms with Crippen molar-refractivity contribution in [3.8, 4) is 0 Å². The number of rotatable bonds is 0. The Bertz CT molecular complexity index is 304. The molecule has 0 saturated carbocycles. The number of hydrogen-bond donors (Lipinski definition) is 1. The first-order valence-corrected chi connectivity index (χ1v) is 2.90. The van der Waals surface area contributed by atoms with Crippen LogP contribution in [0.4, 0.5) is 0 Å². The highest BCUT2D eigenvalue weighted by atomic mass is 16.6. The van der Waals surface area contributed by atoms with Crippen molar-refractivity contribution < 1.29 is 14.4 Å². The molecular weight excluding hydrogens is 150 g/mol. The minimum absolute atomic E-state index is 0.154. The van der Waals surface area contributed by atoms with E-state index in [1.54, 1.807) is 0 Å². The van der Waals surface area contributed by atoms with Crippen LogP contribution in [0, 0.1) is 0 Å². The molecule has 0 bridgehead atoms. The van der Waals surface area contributed by atoms with Crippen LogP contribution in [0.15, 0.2) is 10.1 Å². The molecule has 2 rings (SSSR count). The van der Waals surface area contributed by atoms with Gasteiger partial charge in [0.1, 0.15) is 5.71 Å². The summed E-state index contributed by atoms with van der Waals surface area (Å²) in [6, 6.07) is 0. The molecule has 0 spiro atoms. The molecular formula is C5H3N3O3.